The molecule has 0 aromatic carbocycles. The molecule has 0 heterocycles. The fourth-order valence-electron chi connectivity index (χ4n) is 0.587. The zero-order valence-corrected chi connectivity index (χ0v) is 26.9. The molecule has 0 saturated carbocycles. The molecule has 29 heavy (non-hydrogen) atoms. The van der Waals surface area contributed by atoms with Crippen molar-refractivity contribution in [1.29, 1.82) is 0 Å². The molecule has 0 rings (SSSR count). The normalized spacial score (nSPS) is 15.6. The van der Waals surface area contributed by atoms with Crippen LogP contribution in [0.1, 0.15) is 0 Å². The summed E-state index contributed by atoms with van der Waals surface area (Å²) in [5, 5.41) is 0. The van der Waals surface area contributed by atoms with Crippen molar-refractivity contribution in [1.82, 2.24) is 0 Å². The van der Waals surface area contributed by atoms with Crippen LogP contribution in [0.3, 0.4) is 0 Å². The van der Waals surface area contributed by atoms with Crippen LogP contribution < -0.4 is 29.4 Å². The quantitative estimate of drug-likeness (QED) is 0.129. The third-order valence-corrected chi connectivity index (χ3v) is 5.75. The van der Waals surface area contributed by atoms with Gasteiger partial charge in [0, 0.05) is 0 Å². The smallest absolute Gasteiger partial charge is 0.790 e. The van der Waals surface area contributed by atoms with Gasteiger partial charge in [-0.05, 0) is 0 Å². The summed E-state index contributed by atoms with van der Waals surface area (Å²) in [6.45, 7) is -1.41. The first-order valence-corrected chi connectivity index (χ1v) is 12.8. The van der Waals surface area contributed by atoms with Crippen LogP contribution in [0.25, 0.3) is 0 Å². The number of halogens is 4. The van der Waals surface area contributed by atoms with Gasteiger partial charge >= 0.3 is 113 Å². The maximum absolute atomic E-state index is 10.4. The van der Waals surface area contributed by atoms with Crippen molar-refractivity contribution in [2.24, 2.45) is 0 Å². The Morgan fingerprint density at radius 2 is 0.793 bits per heavy atom. The van der Waals surface area contributed by atoms with Crippen LogP contribution in [0, 0.1) is 0 Å². The molecule has 14 nitrogen and oxygen atoms in total. The summed E-state index contributed by atoms with van der Waals surface area (Å²) in [5.41, 5.74) is 0. The monoisotopic (exact) mass is 662 g/mol. The number of hydrogen-bond acceptors (Lipinski definition) is 14. The van der Waals surface area contributed by atoms with Crippen molar-refractivity contribution in [3.8, 4) is 0 Å². The molecule has 0 N–H and O–H groups in total. The molecule has 0 aromatic heterocycles. The summed E-state index contributed by atoms with van der Waals surface area (Å²) in [7, 11) is -21.6. The van der Waals surface area contributed by atoms with E-state index in [9.17, 15) is 47.6 Å². The molecule has 0 spiro atoms. The summed E-state index contributed by atoms with van der Waals surface area (Å²) < 4.78 is 54.3. The van der Waals surface area contributed by atoms with Crippen molar-refractivity contribution >= 4 is 191 Å². The third-order valence-electron chi connectivity index (χ3n) is 1.12. The molecular formula is C4H6Ca3Cl4O14P4. The van der Waals surface area contributed by atoms with Crippen LogP contribution in [-0.2, 0) is 35.9 Å². The number of rotatable bonds is 10. The fraction of sp³-hybridized carbons (Fsp3) is 1.00. The van der Waals surface area contributed by atoms with Gasteiger partial charge in [-0.3, -0.25) is 17.8 Å². The molecule has 0 aromatic rings. The van der Waals surface area contributed by atoms with Gasteiger partial charge in [0.1, 0.15) is 9.67 Å². The SMILES string of the molecule is O=P([O-])([O-])OP(=O)([O-])OCC(Cl)Cl.O=P([O-])([O-])OP(=O)([O-])OCC(Cl)Cl.[Ca+2].[Ca+2].[Ca+2]. The third kappa shape index (κ3) is 38.2. The Morgan fingerprint density at radius 1 is 0.586 bits per heavy atom. The van der Waals surface area contributed by atoms with Gasteiger partial charge in [-0.15, -0.1) is 46.4 Å². The van der Waals surface area contributed by atoms with E-state index in [1.807, 2.05) is 0 Å². The summed E-state index contributed by atoms with van der Waals surface area (Å²) in [4.78, 5) is 57.8. The van der Waals surface area contributed by atoms with E-state index in [2.05, 4.69) is 17.7 Å². The van der Waals surface area contributed by atoms with Crippen molar-refractivity contribution in [3.05, 3.63) is 0 Å². The van der Waals surface area contributed by atoms with Gasteiger partial charge in [-0.25, -0.2) is 0 Å². The first kappa shape index (κ1) is 44.5. The average Bonchev–Trinajstić information content (AvgIpc) is 2.29. The maximum Gasteiger partial charge on any atom is 2.00 e. The molecule has 0 aliphatic rings. The van der Waals surface area contributed by atoms with E-state index in [1.54, 1.807) is 0 Å². The maximum atomic E-state index is 10.4. The van der Waals surface area contributed by atoms with E-state index in [4.69, 9.17) is 46.4 Å². The average molecular weight is 664 g/mol. The fourth-order valence-corrected chi connectivity index (χ4v) is 4.19. The number of phosphoric ester groups is 2. The van der Waals surface area contributed by atoms with Gasteiger partial charge in [0.15, 0.2) is 0 Å². The molecule has 0 radical (unpaired) electrons. The molecular weight excluding hydrogens is 658 g/mol. The summed E-state index contributed by atoms with van der Waals surface area (Å²) in [6, 6.07) is 0. The Morgan fingerprint density at radius 3 is 0.931 bits per heavy atom. The number of hydrogen-bond donors (Lipinski definition) is 0. The predicted octanol–water partition coefficient (Wildman–Crippen LogP) is -2.90. The van der Waals surface area contributed by atoms with Gasteiger partial charge in [0.05, 0.1) is 28.9 Å². The molecule has 0 saturated heterocycles. The Hall–Kier alpha value is 5.46. The summed E-state index contributed by atoms with van der Waals surface area (Å²) in [5.74, 6) is 0. The van der Waals surface area contributed by atoms with E-state index in [-0.39, 0.29) is 113 Å². The minimum atomic E-state index is -5.63. The summed E-state index contributed by atoms with van der Waals surface area (Å²) >= 11 is 20.2. The van der Waals surface area contributed by atoms with Gasteiger partial charge in [-0.1, -0.05) is 0 Å². The largest absolute Gasteiger partial charge is 2.00 e. The topological polar surface area (TPSA) is 244 Å². The van der Waals surface area contributed by atoms with Crippen molar-refractivity contribution in [2.45, 2.75) is 9.67 Å². The Bertz CT molecular complexity index is 560. The molecule has 0 aliphatic carbocycles. The van der Waals surface area contributed by atoms with Gasteiger partial charge < -0.3 is 47.5 Å². The molecule has 0 fully saturated rings. The molecule has 25 heteroatoms. The van der Waals surface area contributed by atoms with Gasteiger partial charge in [-0.2, -0.15) is 0 Å². The van der Waals surface area contributed by atoms with Gasteiger partial charge in [0.2, 0.25) is 0 Å². The Balaban J connectivity index is -0.000000120. The molecule has 2 atom stereocenters. The van der Waals surface area contributed by atoms with Crippen LogP contribution in [0.5, 0.6) is 0 Å². The van der Waals surface area contributed by atoms with E-state index in [1.165, 1.54) is 0 Å². The van der Waals surface area contributed by atoms with Crippen LogP contribution in [-0.4, -0.2) is 136 Å². The van der Waals surface area contributed by atoms with E-state index in [0.29, 0.717) is 0 Å². The van der Waals surface area contributed by atoms with Gasteiger partial charge in [0.25, 0.3) is 15.6 Å². The first-order valence-electron chi connectivity index (χ1n) is 5.19. The zero-order chi connectivity index (χ0) is 21.4. The minimum Gasteiger partial charge on any atom is -0.790 e. The second kappa shape index (κ2) is 20.5. The van der Waals surface area contributed by atoms with Crippen LogP contribution in [0.4, 0.5) is 0 Å². The molecule has 2 unspecified atom stereocenters. The molecule has 0 bridgehead atoms. The Kier molecular flexibility index (Phi) is 31.4. The molecule has 0 amide bonds. The van der Waals surface area contributed by atoms with E-state index >= 15 is 0 Å². The predicted molar refractivity (Wildman–Crippen MR) is 92.8 cm³/mol. The minimum absolute atomic E-state index is 0. The summed E-state index contributed by atoms with van der Waals surface area (Å²) in [6.07, 6.45) is 0. The van der Waals surface area contributed by atoms with Crippen molar-refractivity contribution < 1.29 is 65.3 Å². The van der Waals surface area contributed by atoms with Crippen LogP contribution in [0.15, 0.2) is 0 Å². The van der Waals surface area contributed by atoms with Crippen molar-refractivity contribution in [2.75, 3.05) is 13.2 Å². The van der Waals surface area contributed by atoms with Crippen molar-refractivity contribution in [3.63, 3.8) is 0 Å². The zero-order valence-electron chi connectivity index (χ0n) is 13.7. The van der Waals surface area contributed by atoms with Crippen LogP contribution in [0.2, 0.25) is 0 Å². The molecule has 160 valence electrons. The number of alkyl halides is 4. The number of phosphoric acid groups is 4. The van der Waals surface area contributed by atoms with Crippen LogP contribution >= 0.6 is 77.7 Å². The standard InChI is InChI=1S/2C2H6Cl2O7P2.3Ca/c2*3-2(4)1-10-13(8,9)11-12(5,6)7;;;/h2*2H,1H2,(H,8,9)(H2,5,6,7);;;/q;;3*+2/p-6. The first-order chi connectivity index (χ1) is 11.2. The molecule has 0 aliphatic heterocycles. The second-order valence-electron chi connectivity index (χ2n) is 3.33. The second-order valence-corrected chi connectivity index (χ2v) is 11.3. The van der Waals surface area contributed by atoms with E-state index < -0.39 is 54.2 Å². The Labute approximate surface area is 274 Å². The van der Waals surface area contributed by atoms with E-state index in [0.717, 1.165) is 0 Å².